The predicted octanol–water partition coefficient (Wildman–Crippen LogP) is 3.92. The minimum absolute atomic E-state index is 0.104. The number of halogens is 1. The molecule has 0 radical (unpaired) electrons. The maximum Gasteiger partial charge on any atom is 0.246 e. The molecule has 1 amide bonds. The van der Waals surface area contributed by atoms with Gasteiger partial charge in [0.05, 0.1) is 16.7 Å². The van der Waals surface area contributed by atoms with Gasteiger partial charge in [-0.05, 0) is 41.6 Å². The molecule has 2 heterocycles. The van der Waals surface area contributed by atoms with Crippen LogP contribution in [0.15, 0.2) is 42.6 Å². The molecule has 3 rings (SSSR count). The van der Waals surface area contributed by atoms with Crippen LogP contribution in [0.3, 0.4) is 0 Å². The van der Waals surface area contributed by atoms with Crippen LogP contribution < -0.4 is 5.44 Å². The molecule has 3 aromatic rings. The number of nitrogens with zero attached hydrogens (tertiary/aromatic N) is 2. The van der Waals surface area contributed by atoms with E-state index in [2.05, 4.69) is 14.2 Å². The normalized spacial score (nSPS) is 11.4. The van der Waals surface area contributed by atoms with Gasteiger partial charge in [0.1, 0.15) is 5.82 Å². The molecule has 25 heavy (non-hydrogen) atoms. The fourth-order valence-corrected chi connectivity index (χ4v) is 3.95. The highest BCUT2D eigenvalue weighted by atomic mass is 32.1. The number of fused-ring (bicyclic) bond motifs is 1. The van der Waals surface area contributed by atoms with E-state index in [1.807, 2.05) is 25.1 Å². The van der Waals surface area contributed by atoms with Crippen LogP contribution in [-0.2, 0) is 11.3 Å². The van der Waals surface area contributed by atoms with Gasteiger partial charge in [-0.15, -0.1) is 11.3 Å². The van der Waals surface area contributed by atoms with Gasteiger partial charge >= 0.3 is 0 Å². The number of aryl methyl sites for hydroxylation is 1. The lowest BCUT2D eigenvalue weighted by Crippen LogP contribution is -2.23. The first-order valence-electron chi connectivity index (χ1n) is 7.77. The first-order chi connectivity index (χ1) is 12.0. The van der Waals surface area contributed by atoms with Crippen LogP contribution in [0.5, 0.6) is 0 Å². The molecule has 1 aromatic carbocycles. The molecule has 6 heteroatoms. The average Bonchev–Trinajstić information content (AvgIpc) is 2.92. The number of likely N-dealkylation sites (N-methyl/N-ethyl adjacent to an activating group) is 1. The molecule has 0 saturated carbocycles. The Kier molecular flexibility index (Phi) is 5.26. The van der Waals surface area contributed by atoms with E-state index in [4.69, 9.17) is 0 Å². The maximum absolute atomic E-state index is 13.9. The van der Waals surface area contributed by atoms with Crippen LogP contribution in [-0.4, -0.2) is 22.8 Å². The van der Waals surface area contributed by atoms with E-state index in [1.165, 1.54) is 23.5 Å². The summed E-state index contributed by atoms with van der Waals surface area (Å²) in [4.78, 5) is 19.1. The Balaban J connectivity index is 1.74. The third-order valence-electron chi connectivity index (χ3n) is 4.00. The fourth-order valence-electron chi connectivity index (χ4n) is 2.51. The number of hydrogen-bond donors (Lipinski definition) is 0. The van der Waals surface area contributed by atoms with Crippen molar-refractivity contribution in [3.8, 4) is 0 Å². The second-order valence-electron chi connectivity index (χ2n) is 5.81. The fraction of sp³-hybridized carbons (Fsp3) is 0.158. The van der Waals surface area contributed by atoms with E-state index in [9.17, 15) is 9.18 Å². The molecule has 3 nitrogen and oxygen atoms in total. The summed E-state index contributed by atoms with van der Waals surface area (Å²) in [5, 5.41) is 0.917. The van der Waals surface area contributed by atoms with Crippen molar-refractivity contribution in [2.24, 2.45) is 0 Å². The van der Waals surface area contributed by atoms with Gasteiger partial charge in [-0.25, -0.2) is 4.39 Å². The summed E-state index contributed by atoms with van der Waals surface area (Å²) in [5.41, 5.74) is 2.75. The van der Waals surface area contributed by atoms with Crippen molar-refractivity contribution in [3.05, 3.63) is 64.4 Å². The minimum atomic E-state index is -0.212. The lowest BCUT2D eigenvalue weighted by molar-refractivity contribution is -0.125. The highest BCUT2D eigenvalue weighted by molar-refractivity contribution is 7.26. The van der Waals surface area contributed by atoms with Crippen molar-refractivity contribution in [3.63, 3.8) is 0 Å². The number of pyridine rings is 1. The van der Waals surface area contributed by atoms with Crippen molar-refractivity contribution in [2.75, 3.05) is 7.05 Å². The van der Waals surface area contributed by atoms with Crippen molar-refractivity contribution >= 4 is 48.1 Å². The van der Waals surface area contributed by atoms with Gasteiger partial charge in [0.15, 0.2) is 0 Å². The van der Waals surface area contributed by atoms with Crippen molar-refractivity contribution < 1.29 is 9.18 Å². The van der Waals surface area contributed by atoms with Gasteiger partial charge in [0.2, 0.25) is 5.91 Å². The highest BCUT2D eigenvalue weighted by Gasteiger charge is 2.14. The van der Waals surface area contributed by atoms with Gasteiger partial charge in [0.25, 0.3) is 0 Å². The Bertz CT molecular complexity index is 950. The number of thiophene rings is 1. The summed E-state index contributed by atoms with van der Waals surface area (Å²) in [6, 6.07) is 8.87. The Hall–Kier alpha value is -2.10. The topological polar surface area (TPSA) is 33.2 Å². The molecule has 0 aliphatic carbocycles. The number of hydrogen-bond acceptors (Lipinski definition) is 3. The van der Waals surface area contributed by atoms with Crippen molar-refractivity contribution in [1.82, 2.24) is 9.88 Å². The molecule has 0 N–H and O–H groups in total. The maximum atomic E-state index is 13.9. The second kappa shape index (κ2) is 7.42. The summed E-state index contributed by atoms with van der Waals surface area (Å²) in [7, 11) is 4.27. The van der Waals surface area contributed by atoms with Gasteiger partial charge in [-0.3, -0.25) is 9.78 Å². The molecule has 128 valence electrons. The van der Waals surface area contributed by atoms with Gasteiger partial charge in [0, 0.05) is 24.2 Å². The predicted molar refractivity (Wildman–Crippen MR) is 106 cm³/mol. The molecule has 0 aliphatic rings. The summed E-state index contributed by atoms with van der Waals surface area (Å²) >= 11 is 1.41. The second-order valence-corrected chi connectivity index (χ2v) is 7.51. The SMILES string of the molecule is Cc1c(CN(C)C(=O)/C=C/c2ccc(P)nc2)sc2c(F)cccc12. The molecule has 0 aliphatic heterocycles. The zero-order chi connectivity index (χ0) is 18.0. The van der Waals surface area contributed by atoms with Crippen molar-refractivity contribution in [2.45, 2.75) is 13.5 Å². The van der Waals surface area contributed by atoms with Crippen LogP contribution in [0, 0.1) is 12.7 Å². The average molecular weight is 372 g/mol. The third-order valence-corrected chi connectivity index (χ3v) is 5.64. The summed E-state index contributed by atoms with van der Waals surface area (Å²) in [5.74, 6) is -0.317. The number of aromatic nitrogens is 1. The number of carbonyl (C=O) groups is 1. The molecule has 0 bridgehead atoms. The lowest BCUT2D eigenvalue weighted by Gasteiger charge is -2.14. The molecular formula is C19H18FN2OPS. The summed E-state index contributed by atoms with van der Waals surface area (Å²) in [6.45, 7) is 2.42. The molecule has 0 saturated heterocycles. The minimum Gasteiger partial charge on any atom is -0.337 e. The molecular weight excluding hydrogens is 354 g/mol. The summed E-state index contributed by atoms with van der Waals surface area (Å²) < 4.78 is 14.6. The van der Waals surface area contributed by atoms with Gasteiger partial charge < -0.3 is 4.90 Å². The Morgan fingerprint density at radius 3 is 2.84 bits per heavy atom. The molecule has 2 aromatic heterocycles. The largest absolute Gasteiger partial charge is 0.337 e. The number of amides is 1. The van der Waals surface area contributed by atoms with E-state index in [-0.39, 0.29) is 11.7 Å². The smallest absolute Gasteiger partial charge is 0.246 e. The zero-order valence-corrected chi connectivity index (χ0v) is 16.0. The molecule has 1 unspecified atom stereocenters. The van der Waals surface area contributed by atoms with Crippen LogP contribution in [0.1, 0.15) is 16.0 Å². The van der Waals surface area contributed by atoms with Crippen LogP contribution in [0.2, 0.25) is 0 Å². The van der Waals surface area contributed by atoms with Crippen molar-refractivity contribution in [1.29, 1.82) is 0 Å². The third kappa shape index (κ3) is 3.94. The number of carbonyl (C=O) groups excluding carboxylic acids is 1. The lowest BCUT2D eigenvalue weighted by atomic mass is 10.1. The van der Waals surface area contributed by atoms with Gasteiger partial charge in [-0.1, -0.05) is 27.4 Å². The van der Waals surface area contributed by atoms with E-state index in [1.54, 1.807) is 30.3 Å². The Morgan fingerprint density at radius 1 is 1.36 bits per heavy atom. The van der Waals surface area contributed by atoms with E-state index in [0.29, 0.717) is 11.2 Å². The van der Waals surface area contributed by atoms with Crippen LogP contribution in [0.25, 0.3) is 16.2 Å². The molecule has 1 atom stereocenters. The Morgan fingerprint density at radius 2 is 2.16 bits per heavy atom. The van der Waals surface area contributed by atoms with E-state index in [0.717, 1.165) is 26.8 Å². The van der Waals surface area contributed by atoms with Gasteiger partial charge in [-0.2, -0.15) is 0 Å². The van der Waals surface area contributed by atoms with E-state index < -0.39 is 0 Å². The first-order valence-corrected chi connectivity index (χ1v) is 9.16. The zero-order valence-electron chi connectivity index (χ0n) is 14.0. The molecule has 0 spiro atoms. The van der Waals surface area contributed by atoms with Crippen LogP contribution in [0.4, 0.5) is 4.39 Å². The quantitative estimate of drug-likeness (QED) is 0.514. The standard InChI is InChI=1S/C19H18FN2OPS/c1-12-14-4-3-5-15(20)19(14)25-16(12)11-22(2)18(23)9-7-13-6-8-17(24)21-10-13/h3-10H,11,24H2,1-2H3/b9-7+. The van der Waals surface area contributed by atoms with E-state index >= 15 is 0 Å². The monoisotopic (exact) mass is 372 g/mol. The van der Waals surface area contributed by atoms with Crippen LogP contribution >= 0.6 is 20.6 Å². The number of rotatable bonds is 4. The first kappa shape index (κ1) is 17.7. The molecule has 0 fully saturated rings. The highest BCUT2D eigenvalue weighted by Crippen LogP contribution is 2.33. The number of benzene rings is 1. The Labute approximate surface area is 152 Å². The summed E-state index contributed by atoms with van der Waals surface area (Å²) in [6.07, 6.45) is 4.99.